The van der Waals surface area contributed by atoms with E-state index in [9.17, 15) is 4.79 Å². The Hall–Kier alpha value is -2.31. The maximum absolute atomic E-state index is 12.1. The van der Waals surface area contributed by atoms with Crippen molar-refractivity contribution >= 4 is 45.5 Å². The molecule has 1 aliphatic rings. The molecule has 0 atom stereocenters. The van der Waals surface area contributed by atoms with Crippen LogP contribution in [0.5, 0.6) is 11.5 Å². The first-order chi connectivity index (χ1) is 12.0. The average molecular weight is 423 g/mol. The van der Waals surface area contributed by atoms with Gasteiger partial charge in [0.1, 0.15) is 0 Å². The first-order valence-corrected chi connectivity index (χ1v) is 8.39. The van der Waals surface area contributed by atoms with Crippen LogP contribution >= 0.6 is 27.5 Å². The van der Waals surface area contributed by atoms with Crippen LogP contribution in [0.1, 0.15) is 11.1 Å². The molecule has 1 aliphatic heterocycles. The van der Waals surface area contributed by atoms with E-state index in [1.807, 2.05) is 0 Å². The van der Waals surface area contributed by atoms with Crippen molar-refractivity contribution in [3.8, 4) is 11.5 Å². The molecule has 0 N–H and O–H groups in total. The Kier molecular flexibility index (Phi) is 5.11. The van der Waals surface area contributed by atoms with Gasteiger partial charge in [-0.15, -0.1) is 0 Å². The van der Waals surface area contributed by atoms with Gasteiger partial charge in [-0.1, -0.05) is 23.7 Å². The van der Waals surface area contributed by atoms with E-state index in [0.717, 1.165) is 0 Å². The van der Waals surface area contributed by atoms with Gasteiger partial charge in [0.25, 0.3) is 0 Å². The molecule has 0 saturated heterocycles. The fourth-order valence-corrected chi connectivity index (χ4v) is 3.18. The molecule has 0 saturated carbocycles. The van der Waals surface area contributed by atoms with Gasteiger partial charge in [0.2, 0.25) is 5.90 Å². The number of nitrogens with zero attached hydrogens (tertiary/aromatic N) is 1. The molecule has 1 heterocycles. The normalized spacial score (nSPS) is 15.1. The molecular weight excluding hydrogens is 410 g/mol. The van der Waals surface area contributed by atoms with Gasteiger partial charge in [0.15, 0.2) is 17.2 Å². The summed E-state index contributed by atoms with van der Waals surface area (Å²) in [4.78, 5) is 16.4. The quantitative estimate of drug-likeness (QED) is 0.539. The van der Waals surface area contributed by atoms with Gasteiger partial charge in [-0.05, 0) is 51.8 Å². The van der Waals surface area contributed by atoms with Gasteiger partial charge in [-0.3, -0.25) is 0 Å². The average Bonchev–Trinajstić information content (AvgIpc) is 2.95. The van der Waals surface area contributed by atoms with Gasteiger partial charge in [0.05, 0.1) is 29.3 Å². The minimum atomic E-state index is -0.541. The summed E-state index contributed by atoms with van der Waals surface area (Å²) in [6.07, 6.45) is 1.61. The van der Waals surface area contributed by atoms with Crippen molar-refractivity contribution in [3.05, 3.63) is 62.7 Å². The molecule has 25 heavy (non-hydrogen) atoms. The Bertz CT molecular complexity index is 908. The maximum Gasteiger partial charge on any atom is 0.363 e. The number of cyclic esters (lactones) is 1. The van der Waals surface area contributed by atoms with Crippen LogP contribution < -0.4 is 9.47 Å². The van der Waals surface area contributed by atoms with Gasteiger partial charge in [0, 0.05) is 0 Å². The highest BCUT2D eigenvalue weighted by atomic mass is 79.9. The SMILES string of the molecule is COc1cc(C=C2N=C(c3ccccc3Cl)OC2=O)cc(Br)c1OC. The fraction of sp³-hybridized carbons (Fsp3) is 0.111. The third kappa shape index (κ3) is 3.55. The molecule has 0 unspecified atom stereocenters. The van der Waals surface area contributed by atoms with Crippen molar-refractivity contribution in [1.29, 1.82) is 0 Å². The molecule has 7 heteroatoms. The summed E-state index contributed by atoms with van der Waals surface area (Å²) >= 11 is 9.54. The number of ether oxygens (including phenoxy) is 3. The largest absolute Gasteiger partial charge is 0.493 e. The van der Waals surface area contributed by atoms with Gasteiger partial charge in [-0.2, -0.15) is 0 Å². The van der Waals surface area contributed by atoms with Crippen molar-refractivity contribution in [2.24, 2.45) is 4.99 Å². The topological polar surface area (TPSA) is 57.1 Å². The van der Waals surface area contributed by atoms with E-state index in [4.69, 9.17) is 25.8 Å². The molecule has 0 bridgehead atoms. The summed E-state index contributed by atoms with van der Waals surface area (Å²) in [5.41, 5.74) is 1.45. The molecule has 2 aromatic carbocycles. The zero-order valence-electron chi connectivity index (χ0n) is 13.4. The monoisotopic (exact) mass is 421 g/mol. The Morgan fingerprint density at radius 1 is 1.20 bits per heavy atom. The summed E-state index contributed by atoms with van der Waals surface area (Å²) in [7, 11) is 3.09. The first-order valence-electron chi connectivity index (χ1n) is 7.22. The van der Waals surface area contributed by atoms with Gasteiger partial charge < -0.3 is 14.2 Å². The van der Waals surface area contributed by atoms with E-state index < -0.39 is 5.97 Å². The molecule has 0 radical (unpaired) electrons. The molecular formula is C18H13BrClNO4. The molecule has 0 aliphatic carbocycles. The van der Waals surface area contributed by atoms with Crippen molar-refractivity contribution < 1.29 is 19.0 Å². The number of hydrogen-bond donors (Lipinski definition) is 0. The van der Waals surface area contributed by atoms with Crippen molar-refractivity contribution in [3.63, 3.8) is 0 Å². The molecule has 0 spiro atoms. The molecule has 3 rings (SSSR count). The van der Waals surface area contributed by atoms with E-state index in [1.54, 1.807) is 56.7 Å². The lowest BCUT2D eigenvalue weighted by Crippen LogP contribution is -2.05. The van der Waals surface area contributed by atoms with Crippen molar-refractivity contribution in [2.75, 3.05) is 14.2 Å². The third-order valence-electron chi connectivity index (χ3n) is 3.48. The van der Waals surface area contributed by atoms with Crippen LogP contribution in [0.2, 0.25) is 5.02 Å². The zero-order valence-corrected chi connectivity index (χ0v) is 15.7. The second-order valence-corrected chi connectivity index (χ2v) is 6.32. The highest BCUT2D eigenvalue weighted by Crippen LogP contribution is 2.37. The van der Waals surface area contributed by atoms with Crippen LogP contribution in [-0.4, -0.2) is 26.1 Å². The number of benzene rings is 2. The maximum atomic E-state index is 12.1. The lowest BCUT2D eigenvalue weighted by atomic mass is 10.1. The second-order valence-electron chi connectivity index (χ2n) is 5.05. The summed E-state index contributed by atoms with van der Waals surface area (Å²) in [5, 5.41) is 0.462. The van der Waals surface area contributed by atoms with Crippen molar-refractivity contribution in [2.45, 2.75) is 0 Å². The lowest BCUT2D eigenvalue weighted by Gasteiger charge is -2.10. The zero-order chi connectivity index (χ0) is 18.0. The Morgan fingerprint density at radius 2 is 1.96 bits per heavy atom. The predicted octanol–water partition coefficient (Wildman–Crippen LogP) is 4.46. The van der Waals surface area contributed by atoms with Crippen LogP contribution in [0.4, 0.5) is 0 Å². The number of hydrogen-bond acceptors (Lipinski definition) is 5. The standard InChI is InChI=1S/C18H13BrClNO4/c1-23-15-9-10(7-12(19)16(15)24-2)8-14-18(22)25-17(21-14)11-5-3-4-6-13(11)20/h3-9H,1-2H3. The summed E-state index contributed by atoms with van der Waals surface area (Å²) in [6.45, 7) is 0. The number of carbonyl (C=O) groups excluding carboxylic acids is 1. The molecule has 0 fully saturated rings. The number of rotatable bonds is 4. The van der Waals surface area contributed by atoms with Crippen LogP contribution in [0.25, 0.3) is 6.08 Å². The predicted molar refractivity (Wildman–Crippen MR) is 99.3 cm³/mol. The smallest absolute Gasteiger partial charge is 0.363 e. The van der Waals surface area contributed by atoms with Crippen molar-refractivity contribution in [1.82, 2.24) is 0 Å². The first kappa shape index (κ1) is 17.5. The summed E-state index contributed by atoms with van der Waals surface area (Å²) < 4.78 is 16.5. The van der Waals surface area contributed by atoms with E-state index in [-0.39, 0.29) is 11.6 Å². The summed E-state index contributed by atoms with van der Waals surface area (Å²) in [6, 6.07) is 10.6. The molecule has 2 aromatic rings. The van der Waals surface area contributed by atoms with Crippen LogP contribution in [0, 0.1) is 0 Å². The van der Waals surface area contributed by atoms with Crippen LogP contribution in [-0.2, 0) is 9.53 Å². The number of methoxy groups -OCH3 is 2. The minimum Gasteiger partial charge on any atom is -0.493 e. The van der Waals surface area contributed by atoms with Crippen LogP contribution in [0.3, 0.4) is 0 Å². The molecule has 5 nitrogen and oxygen atoms in total. The highest BCUT2D eigenvalue weighted by molar-refractivity contribution is 9.10. The van der Waals surface area contributed by atoms with Gasteiger partial charge in [-0.25, -0.2) is 9.79 Å². The molecule has 0 amide bonds. The number of halogens is 2. The lowest BCUT2D eigenvalue weighted by molar-refractivity contribution is -0.129. The molecule has 0 aromatic heterocycles. The van der Waals surface area contributed by atoms with E-state index >= 15 is 0 Å². The van der Waals surface area contributed by atoms with E-state index in [1.165, 1.54) is 0 Å². The van der Waals surface area contributed by atoms with Crippen LogP contribution in [0.15, 0.2) is 51.6 Å². The number of aliphatic imine (C=N–C) groups is 1. The Morgan fingerprint density at radius 3 is 2.64 bits per heavy atom. The van der Waals surface area contributed by atoms with E-state index in [2.05, 4.69) is 20.9 Å². The Balaban J connectivity index is 2.00. The third-order valence-corrected chi connectivity index (χ3v) is 4.40. The fourth-order valence-electron chi connectivity index (χ4n) is 2.34. The summed E-state index contributed by atoms with van der Waals surface area (Å²) in [5.74, 6) is 0.742. The second kappa shape index (κ2) is 7.29. The Labute approximate surface area is 158 Å². The minimum absolute atomic E-state index is 0.175. The van der Waals surface area contributed by atoms with Gasteiger partial charge >= 0.3 is 5.97 Å². The highest BCUT2D eigenvalue weighted by Gasteiger charge is 2.25. The number of carbonyl (C=O) groups is 1. The molecule has 128 valence electrons. The number of esters is 1. The van der Waals surface area contributed by atoms with E-state index in [0.29, 0.717) is 32.1 Å².